The molecule has 0 bridgehead atoms. The molecule has 0 spiro atoms. The molecule has 21 heavy (non-hydrogen) atoms. The van der Waals surface area contributed by atoms with E-state index in [1.54, 1.807) is 11.8 Å². The van der Waals surface area contributed by atoms with Gasteiger partial charge >= 0.3 is 0 Å². The fraction of sp³-hybridized carbons (Fsp3) is 0.533. The molecular weight excluding hydrogens is 282 g/mol. The van der Waals surface area contributed by atoms with Crippen molar-refractivity contribution in [3.8, 4) is 0 Å². The Labute approximate surface area is 128 Å². The molecule has 0 unspecified atom stereocenters. The lowest BCUT2D eigenvalue weighted by molar-refractivity contribution is 0.626. The van der Waals surface area contributed by atoms with Crippen LogP contribution in [0.1, 0.15) is 49.0 Å². The zero-order valence-corrected chi connectivity index (χ0v) is 12.9. The summed E-state index contributed by atoms with van der Waals surface area (Å²) in [6.07, 6.45) is 7.00. The van der Waals surface area contributed by atoms with E-state index in [-0.39, 0.29) is 0 Å². The van der Waals surface area contributed by atoms with Gasteiger partial charge in [0.2, 0.25) is 0 Å². The van der Waals surface area contributed by atoms with Crippen molar-refractivity contribution in [3.63, 3.8) is 0 Å². The van der Waals surface area contributed by atoms with Crippen molar-refractivity contribution in [3.05, 3.63) is 29.7 Å². The first-order valence-electron chi connectivity index (χ1n) is 7.57. The fourth-order valence-corrected chi connectivity index (χ4v) is 3.38. The standard InChI is InChI=1S/C15H19N5S/c1-16-8-10-2-7-13(17-9-10)21-15-19-18-14(11-3-4-11)20(15)12-5-6-12/h2,7,9,11-12,16H,3-6,8H2,1H3. The third kappa shape index (κ3) is 2.82. The van der Waals surface area contributed by atoms with Crippen molar-refractivity contribution in [2.75, 3.05) is 7.05 Å². The van der Waals surface area contributed by atoms with Crippen molar-refractivity contribution in [1.29, 1.82) is 0 Å². The highest BCUT2D eigenvalue weighted by molar-refractivity contribution is 7.99. The number of nitrogens with one attached hydrogen (secondary N) is 1. The van der Waals surface area contributed by atoms with Gasteiger partial charge in [0.1, 0.15) is 10.9 Å². The molecule has 0 radical (unpaired) electrons. The maximum atomic E-state index is 4.53. The van der Waals surface area contributed by atoms with Gasteiger partial charge in [0, 0.05) is 24.7 Å². The van der Waals surface area contributed by atoms with E-state index in [0.29, 0.717) is 12.0 Å². The topological polar surface area (TPSA) is 55.6 Å². The van der Waals surface area contributed by atoms with Crippen LogP contribution in [0.5, 0.6) is 0 Å². The Morgan fingerprint density at radius 1 is 1.24 bits per heavy atom. The molecule has 0 aromatic carbocycles. The summed E-state index contributed by atoms with van der Waals surface area (Å²) in [5, 5.41) is 14.0. The molecule has 2 aliphatic rings. The van der Waals surface area contributed by atoms with Crippen LogP contribution in [0.2, 0.25) is 0 Å². The van der Waals surface area contributed by atoms with Gasteiger partial charge in [0.15, 0.2) is 5.16 Å². The number of pyridine rings is 1. The second-order valence-electron chi connectivity index (χ2n) is 5.85. The van der Waals surface area contributed by atoms with Gasteiger partial charge in [-0.15, -0.1) is 10.2 Å². The molecule has 0 aliphatic heterocycles. The van der Waals surface area contributed by atoms with Gasteiger partial charge in [-0.05, 0) is 56.1 Å². The van der Waals surface area contributed by atoms with Crippen LogP contribution in [0, 0.1) is 0 Å². The van der Waals surface area contributed by atoms with Gasteiger partial charge in [-0.1, -0.05) is 6.07 Å². The van der Waals surface area contributed by atoms with Crippen LogP contribution in [0.15, 0.2) is 28.5 Å². The van der Waals surface area contributed by atoms with Crippen molar-refractivity contribution < 1.29 is 0 Å². The molecule has 1 N–H and O–H groups in total. The maximum Gasteiger partial charge on any atom is 0.197 e. The minimum atomic E-state index is 0.627. The normalized spacial score (nSPS) is 18.1. The van der Waals surface area contributed by atoms with Gasteiger partial charge in [-0.25, -0.2) is 4.98 Å². The van der Waals surface area contributed by atoms with E-state index < -0.39 is 0 Å². The lowest BCUT2D eigenvalue weighted by Crippen LogP contribution is -2.05. The van der Waals surface area contributed by atoms with Crippen LogP contribution < -0.4 is 5.32 Å². The predicted octanol–water partition coefficient (Wildman–Crippen LogP) is 2.76. The predicted molar refractivity (Wildman–Crippen MR) is 81.4 cm³/mol. The summed E-state index contributed by atoms with van der Waals surface area (Å²) < 4.78 is 2.37. The van der Waals surface area contributed by atoms with E-state index in [1.165, 1.54) is 37.1 Å². The Bertz CT molecular complexity index is 628. The molecular formula is C15H19N5S. The maximum absolute atomic E-state index is 4.53. The Morgan fingerprint density at radius 2 is 2.10 bits per heavy atom. The van der Waals surface area contributed by atoms with Gasteiger partial charge in [-0.3, -0.25) is 0 Å². The molecule has 2 heterocycles. The van der Waals surface area contributed by atoms with Crippen molar-refractivity contribution in [1.82, 2.24) is 25.1 Å². The summed E-state index contributed by atoms with van der Waals surface area (Å²) in [6.45, 7) is 0.849. The van der Waals surface area contributed by atoms with Crippen molar-refractivity contribution in [2.45, 2.75) is 54.4 Å². The molecule has 5 nitrogen and oxygen atoms in total. The van der Waals surface area contributed by atoms with Crippen molar-refractivity contribution >= 4 is 11.8 Å². The lowest BCUT2D eigenvalue weighted by atomic mass is 10.3. The average Bonchev–Trinajstić information content (AvgIpc) is 3.41. The minimum absolute atomic E-state index is 0.627. The van der Waals surface area contributed by atoms with Crippen LogP contribution in [0.25, 0.3) is 0 Å². The first-order valence-corrected chi connectivity index (χ1v) is 8.39. The largest absolute Gasteiger partial charge is 0.316 e. The number of hydrogen-bond donors (Lipinski definition) is 1. The van der Waals surface area contributed by atoms with Gasteiger partial charge in [-0.2, -0.15) is 0 Å². The van der Waals surface area contributed by atoms with E-state index in [1.807, 2.05) is 13.2 Å². The Kier molecular flexibility index (Phi) is 3.43. The molecule has 2 aliphatic carbocycles. The first-order chi connectivity index (χ1) is 10.3. The van der Waals surface area contributed by atoms with Crippen LogP contribution in [0.4, 0.5) is 0 Å². The smallest absolute Gasteiger partial charge is 0.197 e. The molecule has 0 atom stereocenters. The molecule has 0 saturated heterocycles. The Hall–Kier alpha value is -1.40. The summed E-state index contributed by atoms with van der Waals surface area (Å²) in [6, 6.07) is 4.81. The number of rotatable bonds is 6. The van der Waals surface area contributed by atoms with Crippen LogP contribution >= 0.6 is 11.8 Å². The third-order valence-corrected chi connectivity index (χ3v) is 4.83. The fourth-order valence-electron chi connectivity index (χ4n) is 2.53. The molecule has 4 rings (SSSR count). The zero-order chi connectivity index (χ0) is 14.2. The minimum Gasteiger partial charge on any atom is -0.316 e. The summed E-state index contributed by atoms with van der Waals surface area (Å²) in [5.74, 6) is 1.85. The highest BCUT2D eigenvalue weighted by Crippen LogP contribution is 2.46. The number of hydrogen-bond acceptors (Lipinski definition) is 5. The third-order valence-electron chi connectivity index (χ3n) is 3.92. The van der Waals surface area contributed by atoms with E-state index in [4.69, 9.17) is 0 Å². The van der Waals surface area contributed by atoms with E-state index in [0.717, 1.165) is 16.7 Å². The Morgan fingerprint density at radius 3 is 2.71 bits per heavy atom. The summed E-state index contributed by atoms with van der Waals surface area (Å²) in [7, 11) is 1.94. The van der Waals surface area contributed by atoms with Gasteiger partial charge in [0.25, 0.3) is 0 Å². The summed E-state index contributed by atoms with van der Waals surface area (Å²) in [4.78, 5) is 4.53. The summed E-state index contributed by atoms with van der Waals surface area (Å²) in [5.41, 5.74) is 1.20. The quantitative estimate of drug-likeness (QED) is 0.889. The van der Waals surface area contributed by atoms with Gasteiger partial charge < -0.3 is 9.88 Å². The summed E-state index contributed by atoms with van der Waals surface area (Å²) >= 11 is 1.63. The second kappa shape index (κ2) is 5.42. The monoisotopic (exact) mass is 301 g/mol. The van der Waals surface area contributed by atoms with E-state index in [9.17, 15) is 0 Å². The number of nitrogens with zero attached hydrogens (tertiary/aromatic N) is 4. The van der Waals surface area contributed by atoms with Crippen LogP contribution in [-0.4, -0.2) is 26.8 Å². The lowest BCUT2D eigenvalue weighted by Gasteiger charge is -2.08. The number of aromatic nitrogens is 4. The van der Waals surface area contributed by atoms with E-state index in [2.05, 4.69) is 37.2 Å². The molecule has 0 amide bonds. The zero-order valence-electron chi connectivity index (χ0n) is 12.1. The SMILES string of the molecule is CNCc1ccc(Sc2nnc(C3CC3)n2C2CC2)nc1. The Balaban J connectivity index is 1.56. The van der Waals surface area contributed by atoms with Crippen LogP contribution in [0.3, 0.4) is 0 Å². The highest BCUT2D eigenvalue weighted by Gasteiger charge is 2.36. The highest BCUT2D eigenvalue weighted by atomic mass is 32.2. The first kappa shape index (κ1) is 13.3. The van der Waals surface area contributed by atoms with Crippen LogP contribution in [-0.2, 0) is 6.54 Å². The molecule has 2 aromatic rings. The molecule has 2 aromatic heterocycles. The second-order valence-corrected chi connectivity index (χ2v) is 6.84. The van der Waals surface area contributed by atoms with Gasteiger partial charge in [0.05, 0.1) is 0 Å². The molecule has 110 valence electrons. The molecule has 6 heteroatoms. The van der Waals surface area contributed by atoms with Crippen molar-refractivity contribution in [2.24, 2.45) is 0 Å². The average molecular weight is 301 g/mol. The molecule has 2 saturated carbocycles. The van der Waals surface area contributed by atoms with E-state index >= 15 is 0 Å². The molecule has 2 fully saturated rings.